The number of sulfone groups is 1. The predicted octanol–water partition coefficient (Wildman–Crippen LogP) is -1.52. The number of carbonyl (C=O) groups excluding carboxylic acids is 1. The average molecular weight is 303 g/mol. The number of β-lactam (4-membered cyclic amide) rings is 1. The maximum absolute atomic E-state index is 12.8. The second-order valence-electron chi connectivity index (χ2n) is 4.74. The van der Waals surface area contributed by atoms with Crippen LogP contribution in [0.3, 0.4) is 0 Å². The summed E-state index contributed by atoms with van der Waals surface area (Å²) in [5.41, 5.74) is 0. The Bertz CT molecular complexity index is 777. The van der Waals surface area contributed by atoms with E-state index in [1.807, 2.05) is 0 Å². The minimum Gasteiger partial charge on any atom is -0.480 e. The first-order chi connectivity index (χ1) is 10.5. The monoisotopic (exact) mass is 303 g/mol. The normalized spacial score (nSPS) is 37.5. The molecular formula is C10H12N4O5S. The molecule has 0 bridgehead atoms. The molecule has 2 saturated heterocycles. The van der Waals surface area contributed by atoms with E-state index in [9.17, 15) is 23.1 Å². The van der Waals surface area contributed by atoms with Crippen LogP contribution in [-0.4, -0.2) is 61.5 Å². The Morgan fingerprint density at radius 1 is 1.70 bits per heavy atom. The van der Waals surface area contributed by atoms with E-state index in [0.717, 1.165) is 4.68 Å². The zero-order valence-corrected chi connectivity index (χ0v) is 10.8. The highest BCUT2D eigenvalue weighted by Crippen LogP contribution is 2.46. The SMILES string of the molecule is [2H]C([2H])([2H])[C@]1(Cn2ccnn2)[C@H](C(=O)O)N2C(=O)CC2S1(=O)=O. The first kappa shape index (κ1) is 9.86. The summed E-state index contributed by atoms with van der Waals surface area (Å²) < 4.78 is 47.1. The zero-order valence-electron chi connectivity index (χ0n) is 13.0. The summed E-state index contributed by atoms with van der Waals surface area (Å²) in [6.07, 6.45) is 2.03. The molecule has 0 saturated carbocycles. The molecule has 10 heteroatoms. The van der Waals surface area contributed by atoms with Gasteiger partial charge in [0.1, 0.15) is 10.1 Å². The zero-order chi connectivity index (χ0) is 17.2. The number of rotatable bonds is 3. The lowest BCUT2D eigenvalue weighted by Gasteiger charge is -2.35. The van der Waals surface area contributed by atoms with Crippen LogP contribution in [0, 0.1) is 0 Å². The molecule has 0 aliphatic carbocycles. The number of carboxylic acid groups (broad SMARTS) is 1. The molecular weight excluding hydrogens is 288 g/mol. The third kappa shape index (κ3) is 1.39. The molecule has 0 spiro atoms. The lowest BCUT2D eigenvalue weighted by Crippen LogP contribution is -2.58. The number of amides is 1. The first-order valence-corrected chi connectivity index (χ1v) is 7.20. The summed E-state index contributed by atoms with van der Waals surface area (Å²) in [6, 6.07) is -2.00. The van der Waals surface area contributed by atoms with Crippen LogP contribution in [-0.2, 0) is 26.0 Å². The van der Waals surface area contributed by atoms with Crippen molar-refractivity contribution in [3.63, 3.8) is 0 Å². The van der Waals surface area contributed by atoms with Gasteiger partial charge in [0.15, 0.2) is 15.9 Å². The van der Waals surface area contributed by atoms with Gasteiger partial charge in [-0.25, -0.2) is 13.2 Å². The van der Waals surface area contributed by atoms with Crippen molar-refractivity contribution in [1.29, 1.82) is 0 Å². The van der Waals surface area contributed by atoms with Crippen molar-refractivity contribution in [3.05, 3.63) is 12.4 Å². The van der Waals surface area contributed by atoms with Gasteiger partial charge in [-0.05, 0) is 6.85 Å². The van der Waals surface area contributed by atoms with Gasteiger partial charge in [0.2, 0.25) is 5.91 Å². The Labute approximate surface area is 118 Å². The summed E-state index contributed by atoms with van der Waals surface area (Å²) in [5.74, 6) is -2.38. The smallest absolute Gasteiger partial charge is 0.328 e. The molecule has 1 amide bonds. The second-order valence-corrected chi connectivity index (χ2v) is 7.10. The molecule has 2 aliphatic heterocycles. The largest absolute Gasteiger partial charge is 0.480 e. The maximum Gasteiger partial charge on any atom is 0.328 e. The van der Waals surface area contributed by atoms with Crippen molar-refractivity contribution >= 4 is 21.7 Å². The van der Waals surface area contributed by atoms with Gasteiger partial charge in [-0.1, -0.05) is 5.21 Å². The molecule has 0 radical (unpaired) electrons. The quantitative estimate of drug-likeness (QED) is 0.672. The van der Waals surface area contributed by atoms with E-state index in [-0.39, 0.29) is 0 Å². The van der Waals surface area contributed by atoms with E-state index in [1.54, 1.807) is 0 Å². The molecule has 3 atom stereocenters. The van der Waals surface area contributed by atoms with Crippen LogP contribution in [0.4, 0.5) is 0 Å². The van der Waals surface area contributed by atoms with E-state index in [2.05, 4.69) is 10.3 Å². The number of hydrogen-bond acceptors (Lipinski definition) is 6. The van der Waals surface area contributed by atoms with Gasteiger partial charge in [0, 0.05) is 10.3 Å². The van der Waals surface area contributed by atoms with Crippen molar-refractivity contribution in [2.24, 2.45) is 0 Å². The average Bonchev–Trinajstić information content (AvgIpc) is 2.94. The Morgan fingerprint density at radius 2 is 2.45 bits per heavy atom. The minimum absolute atomic E-state index is 0.415. The van der Waals surface area contributed by atoms with Gasteiger partial charge in [0.05, 0.1) is 19.2 Å². The lowest BCUT2D eigenvalue weighted by atomic mass is 9.96. The highest BCUT2D eigenvalue weighted by molar-refractivity contribution is 7.93. The summed E-state index contributed by atoms with van der Waals surface area (Å²) in [5, 5.41) is 15.0. The summed E-state index contributed by atoms with van der Waals surface area (Å²) in [7, 11) is -4.48. The van der Waals surface area contributed by atoms with Crippen molar-refractivity contribution in [1.82, 2.24) is 19.9 Å². The Kier molecular flexibility index (Phi) is 1.86. The van der Waals surface area contributed by atoms with Crippen LogP contribution in [0.5, 0.6) is 0 Å². The molecule has 2 fully saturated rings. The fraction of sp³-hybridized carbons (Fsp3) is 0.600. The van der Waals surface area contributed by atoms with E-state index >= 15 is 0 Å². The molecule has 3 rings (SSSR count). The van der Waals surface area contributed by atoms with Crippen molar-refractivity contribution in [2.45, 2.75) is 36.0 Å². The van der Waals surface area contributed by atoms with Crippen LogP contribution < -0.4 is 0 Å². The van der Waals surface area contributed by atoms with Gasteiger partial charge in [0.25, 0.3) is 0 Å². The van der Waals surface area contributed by atoms with Gasteiger partial charge in [-0.15, -0.1) is 5.10 Å². The van der Waals surface area contributed by atoms with Gasteiger partial charge in [-0.2, -0.15) is 0 Å². The van der Waals surface area contributed by atoms with Crippen molar-refractivity contribution < 1.29 is 27.2 Å². The third-order valence-electron chi connectivity index (χ3n) is 3.64. The van der Waals surface area contributed by atoms with E-state index < -0.39 is 57.7 Å². The molecule has 1 aromatic rings. The number of fused-ring (bicyclic) bond motifs is 1. The molecule has 2 aliphatic rings. The lowest BCUT2D eigenvalue weighted by molar-refractivity contribution is -0.157. The molecule has 1 unspecified atom stereocenters. The Hall–Kier alpha value is -1.97. The second kappa shape index (κ2) is 3.78. The fourth-order valence-electron chi connectivity index (χ4n) is 2.65. The van der Waals surface area contributed by atoms with Crippen LogP contribution in [0.1, 0.15) is 17.4 Å². The number of hydrogen-bond donors (Lipinski definition) is 1. The highest BCUT2D eigenvalue weighted by Gasteiger charge is 2.70. The van der Waals surface area contributed by atoms with Gasteiger partial charge in [-0.3, -0.25) is 9.48 Å². The molecule has 1 N–H and O–H groups in total. The molecule has 0 aromatic carbocycles. The van der Waals surface area contributed by atoms with Gasteiger partial charge < -0.3 is 10.0 Å². The van der Waals surface area contributed by atoms with Crippen molar-refractivity contribution in [2.75, 3.05) is 0 Å². The van der Waals surface area contributed by atoms with Crippen LogP contribution in [0.15, 0.2) is 12.4 Å². The Balaban J connectivity index is 2.26. The van der Waals surface area contributed by atoms with Gasteiger partial charge >= 0.3 is 5.97 Å². The topological polar surface area (TPSA) is 122 Å². The maximum atomic E-state index is 12.8. The van der Waals surface area contributed by atoms with Crippen LogP contribution in [0.25, 0.3) is 0 Å². The van der Waals surface area contributed by atoms with E-state index in [4.69, 9.17) is 4.11 Å². The molecule has 3 heterocycles. The summed E-state index contributed by atoms with van der Waals surface area (Å²) in [4.78, 5) is 24.0. The fourth-order valence-corrected chi connectivity index (χ4v) is 4.87. The number of carboxylic acids is 1. The number of nitrogens with zero attached hydrogens (tertiary/aromatic N) is 4. The molecule has 1 aromatic heterocycles. The summed E-state index contributed by atoms with van der Waals surface area (Å²) >= 11 is 0. The highest BCUT2D eigenvalue weighted by atomic mass is 32.2. The number of carbonyl (C=O) groups is 2. The van der Waals surface area contributed by atoms with Crippen LogP contribution in [0.2, 0.25) is 0 Å². The number of aromatic nitrogens is 3. The standard InChI is InChI=1S/C10H12N4O5S/c1-10(5-13-3-2-11-12-13)8(9(16)17)14-6(15)4-7(14)20(10,18)19/h2-3,7-8H,4-5H2,1H3,(H,16,17)/t7?,8-,10-/m0/s1/i1D3. The third-order valence-corrected chi connectivity index (χ3v) is 6.11. The summed E-state index contributed by atoms with van der Waals surface area (Å²) in [6.45, 7) is -3.92. The molecule has 108 valence electrons. The van der Waals surface area contributed by atoms with E-state index in [1.165, 1.54) is 12.4 Å². The van der Waals surface area contributed by atoms with E-state index in [0.29, 0.717) is 4.90 Å². The molecule has 20 heavy (non-hydrogen) atoms. The minimum atomic E-state index is -4.48. The first-order valence-electron chi connectivity index (χ1n) is 7.15. The molecule has 9 nitrogen and oxygen atoms in total. The van der Waals surface area contributed by atoms with Crippen molar-refractivity contribution in [3.8, 4) is 0 Å². The predicted molar refractivity (Wildman–Crippen MR) is 64.0 cm³/mol. The number of aliphatic carboxylic acids is 1. The van der Waals surface area contributed by atoms with Crippen LogP contribution >= 0.6 is 0 Å². The Morgan fingerprint density at radius 3 is 2.95 bits per heavy atom.